The van der Waals surface area contributed by atoms with Crippen LogP contribution in [0.1, 0.15) is 12.1 Å². The highest BCUT2D eigenvalue weighted by atomic mass is 15.3. The summed E-state index contributed by atoms with van der Waals surface area (Å²) < 4.78 is 1.98. The lowest BCUT2D eigenvalue weighted by Crippen LogP contribution is -2.22. The maximum Gasteiger partial charge on any atom is 0.225 e. The average molecular weight is 321 g/mol. The van der Waals surface area contributed by atoms with Crippen LogP contribution in [0.3, 0.4) is 0 Å². The largest absolute Gasteiger partial charge is 0.341 e. The van der Waals surface area contributed by atoms with Crippen LogP contribution in [-0.4, -0.2) is 42.6 Å². The Morgan fingerprint density at radius 1 is 1.00 bits per heavy atom. The third kappa shape index (κ3) is 2.84. The van der Waals surface area contributed by atoms with Crippen molar-refractivity contribution in [1.29, 1.82) is 0 Å². The van der Waals surface area contributed by atoms with Crippen LogP contribution in [0, 0.1) is 5.92 Å². The van der Waals surface area contributed by atoms with Gasteiger partial charge in [0.1, 0.15) is 5.69 Å². The summed E-state index contributed by atoms with van der Waals surface area (Å²) in [5.41, 5.74) is 1.88. The van der Waals surface area contributed by atoms with Gasteiger partial charge in [0.15, 0.2) is 5.82 Å². The molecule has 1 unspecified atom stereocenters. The Balaban J connectivity index is 1.52. The second kappa shape index (κ2) is 6.35. The highest BCUT2D eigenvalue weighted by Gasteiger charge is 2.26. The predicted octanol–water partition coefficient (Wildman–Crippen LogP) is 1.74. The molecule has 1 aliphatic heterocycles. The molecule has 4 heterocycles. The van der Waals surface area contributed by atoms with Crippen LogP contribution >= 0.6 is 0 Å². The summed E-state index contributed by atoms with van der Waals surface area (Å²) in [5.74, 6) is 2.19. The lowest BCUT2D eigenvalue weighted by molar-refractivity contribution is 0.576. The van der Waals surface area contributed by atoms with Crippen molar-refractivity contribution in [1.82, 2.24) is 29.5 Å². The van der Waals surface area contributed by atoms with Crippen LogP contribution in [0.2, 0.25) is 0 Å². The first kappa shape index (κ1) is 14.7. The van der Waals surface area contributed by atoms with Gasteiger partial charge in [0.25, 0.3) is 0 Å². The van der Waals surface area contributed by atoms with E-state index in [0.717, 1.165) is 49.1 Å². The molecule has 3 aromatic rings. The minimum Gasteiger partial charge on any atom is -0.341 e. The van der Waals surface area contributed by atoms with Crippen molar-refractivity contribution >= 4 is 5.95 Å². The summed E-state index contributed by atoms with van der Waals surface area (Å²) in [7, 11) is 1.98. The van der Waals surface area contributed by atoms with E-state index in [1.165, 1.54) is 0 Å². The van der Waals surface area contributed by atoms with Gasteiger partial charge in [0.05, 0.1) is 5.69 Å². The Hall–Kier alpha value is -2.83. The lowest BCUT2D eigenvalue weighted by Gasteiger charge is -2.16. The van der Waals surface area contributed by atoms with Gasteiger partial charge in [-0.05, 0) is 24.8 Å². The topological polar surface area (TPSA) is 72.6 Å². The van der Waals surface area contributed by atoms with Crippen molar-refractivity contribution in [2.75, 3.05) is 18.0 Å². The molecule has 0 radical (unpaired) electrons. The minimum absolute atomic E-state index is 0.518. The van der Waals surface area contributed by atoms with E-state index in [-0.39, 0.29) is 0 Å². The average Bonchev–Trinajstić information content (AvgIpc) is 3.25. The molecule has 7 nitrogen and oxygen atoms in total. The highest BCUT2D eigenvalue weighted by Crippen LogP contribution is 2.26. The lowest BCUT2D eigenvalue weighted by atomic mass is 10.0. The summed E-state index contributed by atoms with van der Waals surface area (Å²) in [6, 6.07) is 1.84. The van der Waals surface area contributed by atoms with Crippen molar-refractivity contribution in [3.8, 4) is 11.5 Å². The first-order valence-corrected chi connectivity index (χ1v) is 8.11. The first-order valence-electron chi connectivity index (χ1n) is 8.11. The zero-order chi connectivity index (χ0) is 16.4. The number of anilines is 1. The zero-order valence-electron chi connectivity index (χ0n) is 13.6. The summed E-state index contributed by atoms with van der Waals surface area (Å²) >= 11 is 0. The summed E-state index contributed by atoms with van der Waals surface area (Å²) in [6.45, 7) is 1.92. The molecule has 0 amide bonds. The molecule has 0 aliphatic carbocycles. The summed E-state index contributed by atoms with van der Waals surface area (Å²) in [5, 5.41) is 0. The molecular formula is C17H19N7. The fourth-order valence-corrected chi connectivity index (χ4v) is 3.21. The second-order valence-corrected chi connectivity index (χ2v) is 6.07. The first-order chi connectivity index (χ1) is 11.8. The van der Waals surface area contributed by atoms with Crippen molar-refractivity contribution in [2.24, 2.45) is 13.0 Å². The number of rotatable bonds is 4. The molecule has 0 spiro atoms. The van der Waals surface area contributed by atoms with Gasteiger partial charge in [-0.1, -0.05) is 0 Å². The van der Waals surface area contributed by atoms with Gasteiger partial charge in [0, 0.05) is 57.3 Å². The normalized spacial score (nSPS) is 17.4. The van der Waals surface area contributed by atoms with E-state index in [4.69, 9.17) is 0 Å². The molecule has 4 rings (SSSR count). The van der Waals surface area contributed by atoms with Gasteiger partial charge >= 0.3 is 0 Å². The molecule has 1 fully saturated rings. The van der Waals surface area contributed by atoms with Gasteiger partial charge in [-0.2, -0.15) is 0 Å². The number of aryl methyl sites for hydroxylation is 1. The van der Waals surface area contributed by atoms with Gasteiger partial charge < -0.3 is 9.47 Å². The zero-order valence-corrected chi connectivity index (χ0v) is 13.6. The van der Waals surface area contributed by atoms with Crippen LogP contribution in [0.25, 0.3) is 11.5 Å². The van der Waals surface area contributed by atoms with Gasteiger partial charge in [0.2, 0.25) is 5.95 Å². The maximum absolute atomic E-state index is 4.57. The smallest absolute Gasteiger partial charge is 0.225 e. The number of imidazole rings is 1. The molecule has 0 bridgehead atoms. The van der Waals surface area contributed by atoms with Crippen LogP contribution < -0.4 is 4.90 Å². The Morgan fingerprint density at radius 2 is 1.83 bits per heavy atom. The number of aromatic nitrogens is 6. The molecular weight excluding hydrogens is 302 g/mol. The second-order valence-electron chi connectivity index (χ2n) is 6.07. The van der Waals surface area contributed by atoms with E-state index < -0.39 is 0 Å². The Morgan fingerprint density at radius 3 is 2.62 bits per heavy atom. The van der Waals surface area contributed by atoms with Crippen LogP contribution in [-0.2, 0) is 13.5 Å². The molecule has 3 aromatic heterocycles. The van der Waals surface area contributed by atoms with E-state index >= 15 is 0 Å². The Kier molecular flexibility index (Phi) is 3.90. The number of hydrogen-bond donors (Lipinski definition) is 0. The molecule has 1 aliphatic rings. The van der Waals surface area contributed by atoms with Crippen LogP contribution in [0.15, 0.2) is 43.2 Å². The third-order valence-electron chi connectivity index (χ3n) is 4.41. The van der Waals surface area contributed by atoms with Gasteiger partial charge in [-0.25, -0.2) is 19.9 Å². The monoisotopic (exact) mass is 321 g/mol. The number of hydrogen-bond acceptors (Lipinski definition) is 6. The summed E-state index contributed by atoms with van der Waals surface area (Å²) in [4.78, 5) is 24.4. The fraction of sp³-hybridized carbons (Fsp3) is 0.353. The molecule has 0 saturated carbocycles. The molecule has 1 saturated heterocycles. The Bertz CT molecular complexity index is 815. The molecule has 122 valence electrons. The maximum atomic E-state index is 4.57. The van der Waals surface area contributed by atoms with Crippen molar-refractivity contribution in [3.63, 3.8) is 0 Å². The SMILES string of the molecule is Cn1ccnc1-c1nccnc1CC1CCN(c2ncccn2)C1. The van der Waals surface area contributed by atoms with E-state index in [1.807, 2.05) is 23.9 Å². The molecule has 1 atom stereocenters. The van der Waals surface area contributed by atoms with Crippen molar-refractivity contribution in [3.05, 3.63) is 48.9 Å². The summed E-state index contributed by atoms with van der Waals surface area (Å²) in [6.07, 6.45) is 12.8. The predicted molar refractivity (Wildman–Crippen MR) is 90.3 cm³/mol. The Labute approximate surface area is 140 Å². The van der Waals surface area contributed by atoms with E-state index in [9.17, 15) is 0 Å². The standard InChI is InChI=1S/C17H19N7/c1-23-10-8-20-16(23)15-14(18-6-7-19-15)11-13-3-9-24(12-13)17-21-4-2-5-22-17/h2,4-8,10,13H,3,9,11-12H2,1H3. The quantitative estimate of drug-likeness (QED) is 0.729. The van der Waals surface area contributed by atoms with Gasteiger partial charge in [-0.15, -0.1) is 0 Å². The molecule has 7 heteroatoms. The third-order valence-corrected chi connectivity index (χ3v) is 4.41. The molecule has 24 heavy (non-hydrogen) atoms. The van der Waals surface area contributed by atoms with Crippen LogP contribution in [0.5, 0.6) is 0 Å². The van der Waals surface area contributed by atoms with E-state index in [2.05, 4.69) is 29.8 Å². The van der Waals surface area contributed by atoms with Gasteiger partial charge in [-0.3, -0.25) is 4.98 Å². The molecule has 0 aromatic carbocycles. The van der Waals surface area contributed by atoms with Crippen LogP contribution in [0.4, 0.5) is 5.95 Å². The van der Waals surface area contributed by atoms with Crippen molar-refractivity contribution < 1.29 is 0 Å². The van der Waals surface area contributed by atoms with Crippen molar-refractivity contribution in [2.45, 2.75) is 12.8 Å². The minimum atomic E-state index is 0.518. The number of nitrogens with zero attached hydrogens (tertiary/aromatic N) is 7. The van der Waals surface area contributed by atoms with E-state index in [1.54, 1.807) is 31.0 Å². The highest BCUT2D eigenvalue weighted by molar-refractivity contribution is 5.53. The fourth-order valence-electron chi connectivity index (χ4n) is 3.21. The molecule has 0 N–H and O–H groups in total. The van der Waals surface area contributed by atoms with E-state index in [0.29, 0.717) is 5.92 Å².